The van der Waals surface area contributed by atoms with Gasteiger partial charge in [0.1, 0.15) is 18.2 Å². The molecule has 136 valence electrons. The first kappa shape index (κ1) is 16.7. The number of nitrogens with one attached hydrogen (secondary N) is 1. The highest BCUT2D eigenvalue weighted by atomic mass is 16.6. The summed E-state index contributed by atoms with van der Waals surface area (Å²) < 4.78 is 17.9. The Kier molecular flexibility index (Phi) is 4.39. The van der Waals surface area contributed by atoms with Gasteiger partial charge >= 0.3 is 5.97 Å². The van der Waals surface area contributed by atoms with Gasteiger partial charge in [0.2, 0.25) is 0 Å². The van der Waals surface area contributed by atoms with Crippen molar-refractivity contribution >= 4 is 11.9 Å². The van der Waals surface area contributed by atoms with E-state index in [1.54, 1.807) is 16.8 Å². The molecule has 9 heteroatoms. The highest BCUT2D eigenvalue weighted by Crippen LogP contribution is 2.34. The van der Waals surface area contributed by atoms with Crippen molar-refractivity contribution < 1.29 is 23.8 Å². The van der Waals surface area contributed by atoms with Gasteiger partial charge in [-0.1, -0.05) is 23.4 Å². The summed E-state index contributed by atoms with van der Waals surface area (Å²) in [5.41, 5.74) is 0.715. The highest BCUT2D eigenvalue weighted by molar-refractivity contribution is 5.94. The van der Waals surface area contributed by atoms with Crippen molar-refractivity contribution in [3.8, 4) is 0 Å². The summed E-state index contributed by atoms with van der Waals surface area (Å²) in [7, 11) is 1.29. The second kappa shape index (κ2) is 6.85. The summed E-state index contributed by atoms with van der Waals surface area (Å²) in [6.07, 6.45) is 0.961. The van der Waals surface area contributed by atoms with Gasteiger partial charge in [0.05, 0.1) is 32.6 Å². The predicted octanol–water partition coefficient (Wildman–Crippen LogP) is 0.202. The maximum absolute atomic E-state index is 12.4. The first-order valence-corrected chi connectivity index (χ1v) is 8.26. The molecule has 26 heavy (non-hydrogen) atoms. The number of nitrogens with zero attached hydrogens (tertiary/aromatic N) is 3. The predicted molar refractivity (Wildman–Crippen MR) is 87.6 cm³/mol. The second-order valence-electron chi connectivity index (χ2n) is 6.18. The molecule has 0 bridgehead atoms. The van der Waals surface area contributed by atoms with Gasteiger partial charge in [-0.2, -0.15) is 0 Å². The molecule has 2 fully saturated rings. The number of benzene rings is 1. The van der Waals surface area contributed by atoms with Gasteiger partial charge in [0, 0.05) is 5.56 Å². The molecule has 2 aromatic rings. The minimum atomic E-state index is -0.549. The Hall–Kier alpha value is -2.78. The van der Waals surface area contributed by atoms with Crippen molar-refractivity contribution in [2.75, 3.05) is 20.3 Å². The van der Waals surface area contributed by atoms with E-state index in [9.17, 15) is 9.59 Å². The van der Waals surface area contributed by atoms with Gasteiger partial charge in [0.15, 0.2) is 5.69 Å². The maximum Gasteiger partial charge on any atom is 0.360 e. The molecule has 2 aliphatic heterocycles. The minimum Gasteiger partial charge on any atom is -0.464 e. The molecule has 4 unspecified atom stereocenters. The van der Waals surface area contributed by atoms with Crippen LogP contribution in [-0.2, 0) is 14.2 Å². The van der Waals surface area contributed by atoms with Crippen LogP contribution in [0.4, 0.5) is 0 Å². The van der Waals surface area contributed by atoms with Crippen LogP contribution < -0.4 is 5.32 Å². The average Bonchev–Trinajstić information content (AvgIpc) is 3.39. The molecule has 0 radical (unpaired) electrons. The van der Waals surface area contributed by atoms with Crippen LogP contribution in [0.1, 0.15) is 26.9 Å². The molecule has 0 aliphatic carbocycles. The van der Waals surface area contributed by atoms with Gasteiger partial charge in [-0.25, -0.2) is 9.48 Å². The number of amides is 1. The van der Waals surface area contributed by atoms with Crippen molar-refractivity contribution in [3.63, 3.8) is 0 Å². The standard InChI is InChI=1S/C17H18N4O5/c1-24-17(23)11-7-21(20-19-11)13-9-26-14-12(8-25-15(13)14)18-16(22)10-5-3-2-4-6-10/h2-7,12-15H,8-9H2,1H3,(H,18,22). The lowest BCUT2D eigenvalue weighted by atomic mass is 10.1. The number of carbonyl (C=O) groups excluding carboxylic acids is 2. The fourth-order valence-corrected chi connectivity index (χ4v) is 3.31. The number of aromatic nitrogens is 3. The molecule has 2 saturated heterocycles. The number of carbonyl (C=O) groups is 2. The summed E-state index contributed by atoms with van der Waals surface area (Å²) in [6.45, 7) is 0.708. The van der Waals surface area contributed by atoms with Crippen LogP contribution in [0.5, 0.6) is 0 Å². The molecule has 9 nitrogen and oxygen atoms in total. The van der Waals surface area contributed by atoms with Crippen LogP contribution in [-0.4, -0.2) is 65.4 Å². The van der Waals surface area contributed by atoms with Crippen LogP contribution in [0.25, 0.3) is 0 Å². The highest BCUT2D eigenvalue weighted by Gasteiger charge is 2.49. The van der Waals surface area contributed by atoms with E-state index in [4.69, 9.17) is 9.47 Å². The van der Waals surface area contributed by atoms with Crippen molar-refractivity contribution in [1.82, 2.24) is 20.3 Å². The topological polar surface area (TPSA) is 105 Å². The SMILES string of the molecule is COC(=O)c1cn(C2COC3C(NC(=O)c4ccccc4)COC32)nn1. The monoisotopic (exact) mass is 358 g/mol. The van der Waals surface area contributed by atoms with Crippen LogP contribution >= 0.6 is 0 Å². The Bertz CT molecular complexity index is 808. The lowest BCUT2D eigenvalue weighted by molar-refractivity contribution is 0.0591. The summed E-state index contributed by atoms with van der Waals surface area (Å²) in [4.78, 5) is 23.9. The van der Waals surface area contributed by atoms with Gasteiger partial charge in [-0.15, -0.1) is 5.10 Å². The maximum atomic E-state index is 12.4. The lowest BCUT2D eigenvalue weighted by Gasteiger charge is -2.17. The van der Waals surface area contributed by atoms with Gasteiger partial charge in [-0.3, -0.25) is 4.79 Å². The molecule has 1 aromatic heterocycles. The molecule has 0 spiro atoms. The normalized spacial score (nSPS) is 27.1. The van der Waals surface area contributed by atoms with E-state index >= 15 is 0 Å². The van der Waals surface area contributed by atoms with Gasteiger partial charge in [0.25, 0.3) is 5.91 Å². The smallest absolute Gasteiger partial charge is 0.360 e. The zero-order valence-electron chi connectivity index (χ0n) is 14.1. The Labute approximate surface area is 149 Å². The number of hydrogen-bond donors (Lipinski definition) is 1. The van der Waals surface area contributed by atoms with Crippen LogP contribution in [0.3, 0.4) is 0 Å². The minimum absolute atomic E-state index is 0.128. The fraction of sp³-hybridized carbons (Fsp3) is 0.412. The van der Waals surface area contributed by atoms with Crippen molar-refractivity contribution in [2.24, 2.45) is 0 Å². The summed E-state index contributed by atoms with van der Waals surface area (Å²) >= 11 is 0. The average molecular weight is 358 g/mol. The van der Waals surface area contributed by atoms with E-state index in [1.165, 1.54) is 13.3 Å². The third kappa shape index (κ3) is 2.95. The van der Waals surface area contributed by atoms with Gasteiger partial charge < -0.3 is 19.5 Å². The van der Waals surface area contributed by atoms with E-state index in [0.717, 1.165) is 0 Å². The zero-order chi connectivity index (χ0) is 18.1. The quantitative estimate of drug-likeness (QED) is 0.779. The van der Waals surface area contributed by atoms with Crippen molar-refractivity contribution in [3.05, 3.63) is 47.8 Å². The Balaban J connectivity index is 1.43. The van der Waals surface area contributed by atoms with E-state index in [0.29, 0.717) is 18.8 Å². The first-order valence-electron chi connectivity index (χ1n) is 8.26. The number of fused-ring (bicyclic) bond motifs is 1. The Morgan fingerprint density at radius 1 is 1.19 bits per heavy atom. The number of ether oxygens (including phenoxy) is 3. The van der Waals surface area contributed by atoms with E-state index in [1.807, 2.05) is 18.2 Å². The molecule has 3 heterocycles. The van der Waals surface area contributed by atoms with Crippen molar-refractivity contribution in [2.45, 2.75) is 24.3 Å². The number of esters is 1. The van der Waals surface area contributed by atoms with E-state index in [-0.39, 0.29) is 35.9 Å². The molecule has 2 aliphatic rings. The van der Waals surface area contributed by atoms with E-state index in [2.05, 4.69) is 20.4 Å². The van der Waals surface area contributed by atoms with Crippen LogP contribution in [0.2, 0.25) is 0 Å². The molecule has 1 amide bonds. The molecular formula is C17H18N4O5. The molecule has 4 rings (SSSR count). The lowest BCUT2D eigenvalue weighted by Crippen LogP contribution is -2.44. The van der Waals surface area contributed by atoms with Crippen LogP contribution in [0.15, 0.2) is 36.5 Å². The zero-order valence-corrected chi connectivity index (χ0v) is 14.1. The number of rotatable bonds is 4. The van der Waals surface area contributed by atoms with E-state index < -0.39 is 5.97 Å². The molecular weight excluding hydrogens is 340 g/mol. The number of methoxy groups -OCH3 is 1. The van der Waals surface area contributed by atoms with Crippen molar-refractivity contribution in [1.29, 1.82) is 0 Å². The summed E-state index contributed by atoms with van der Waals surface area (Å²) in [6, 6.07) is 8.53. The fourth-order valence-electron chi connectivity index (χ4n) is 3.31. The third-order valence-corrected chi connectivity index (χ3v) is 4.62. The molecule has 1 N–H and O–H groups in total. The summed E-state index contributed by atoms with van der Waals surface area (Å²) in [5.74, 6) is -0.715. The largest absolute Gasteiger partial charge is 0.464 e. The second-order valence-corrected chi connectivity index (χ2v) is 6.18. The summed E-state index contributed by atoms with van der Waals surface area (Å²) in [5, 5.41) is 10.8. The Morgan fingerprint density at radius 2 is 1.96 bits per heavy atom. The Morgan fingerprint density at radius 3 is 2.73 bits per heavy atom. The molecule has 1 aromatic carbocycles. The molecule has 4 atom stereocenters. The molecule has 0 saturated carbocycles. The third-order valence-electron chi connectivity index (χ3n) is 4.62. The first-order chi connectivity index (χ1) is 12.7. The van der Waals surface area contributed by atoms with Crippen LogP contribution in [0, 0.1) is 0 Å². The van der Waals surface area contributed by atoms with Gasteiger partial charge in [-0.05, 0) is 12.1 Å². The number of hydrogen-bond acceptors (Lipinski definition) is 7.